The summed E-state index contributed by atoms with van der Waals surface area (Å²) in [5.74, 6) is 0.510. The predicted molar refractivity (Wildman–Crippen MR) is 107 cm³/mol. The predicted octanol–water partition coefficient (Wildman–Crippen LogP) is 4.71. The van der Waals surface area contributed by atoms with Crippen LogP contribution >= 0.6 is 11.6 Å². The van der Waals surface area contributed by atoms with Crippen molar-refractivity contribution in [1.82, 2.24) is 0 Å². The van der Waals surface area contributed by atoms with Crippen molar-refractivity contribution in [2.24, 2.45) is 10.7 Å². The van der Waals surface area contributed by atoms with Crippen molar-refractivity contribution >= 4 is 46.9 Å². The van der Waals surface area contributed by atoms with E-state index in [1.165, 1.54) is 0 Å². The largest absolute Gasteiger partial charge is 0.446 e. The lowest BCUT2D eigenvalue weighted by Gasteiger charge is -2.29. The molecule has 2 aromatic carbocycles. The first-order valence-electron chi connectivity index (χ1n) is 8.19. The maximum absolute atomic E-state index is 12.2. The second-order valence-electron chi connectivity index (χ2n) is 5.91. The fourth-order valence-electron chi connectivity index (χ4n) is 2.78. The Morgan fingerprint density at radius 2 is 1.89 bits per heavy atom. The number of nitrogens with one attached hydrogen (secondary N) is 2. The van der Waals surface area contributed by atoms with Gasteiger partial charge in [-0.1, -0.05) is 17.7 Å². The monoisotopic (exact) mass is 381 g/mol. The van der Waals surface area contributed by atoms with Gasteiger partial charge in [0.25, 0.3) is 0 Å². The van der Waals surface area contributed by atoms with Gasteiger partial charge in [0.15, 0.2) is 0 Å². The molecule has 2 amide bonds. The van der Waals surface area contributed by atoms with Crippen molar-refractivity contribution in [3.63, 3.8) is 0 Å². The number of fused-ring (bicyclic) bond motifs is 1. The van der Waals surface area contributed by atoms with Crippen LogP contribution in [0.3, 0.4) is 0 Å². The van der Waals surface area contributed by atoms with Gasteiger partial charge in [0.2, 0.25) is 5.88 Å². The summed E-state index contributed by atoms with van der Waals surface area (Å²) in [4.78, 5) is 18.3. The minimum Gasteiger partial charge on any atom is -0.446 e. The standard InChI is InChI=1S/C19H16ClN5O2/c20-12-4-6-13(7-5-12)23-19(26)24-14-2-1-3-15(10-14)25-11-22-18-16(17(25)21)8-9-27-18/h1-11,17H,21H2,(H2,23,24,26). The average Bonchev–Trinajstić information content (AvgIpc) is 3.14. The lowest BCUT2D eigenvalue weighted by Crippen LogP contribution is -2.35. The molecule has 8 heteroatoms. The summed E-state index contributed by atoms with van der Waals surface area (Å²) in [5.41, 5.74) is 9.16. The zero-order valence-electron chi connectivity index (χ0n) is 14.1. The molecule has 0 bridgehead atoms. The normalized spacial score (nSPS) is 15.3. The van der Waals surface area contributed by atoms with Crippen LogP contribution in [-0.2, 0) is 0 Å². The summed E-state index contributed by atoms with van der Waals surface area (Å²) in [5, 5.41) is 6.15. The van der Waals surface area contributed by atoms with Crippen molar-refractivity contribution < 1.29 is 9.21 Å². The van der Waals surface area contributed by atoms with Crippen LogP contribution in [0.4, 0.5) is 27.7 Å². The number of amides is 2. The van der Waals surface area contributed by atoms with E-state index in [0.717, 1.165) is 11.3 Å². The van der Waals surface area contributed by atoms with E-state index in [4.69, 9.17) is 21.8 Å². The molecule has 27 heavy (non-hydrogen) atoms. The number of hydrogen-bond acceptors (Lipinski definition) is 5. The highest BCUT2D eigenvalue weighted by molar-refractivity contribution is 6.30. The molecule has 2 heterocycles. The van der Waals surface area contributed by atoms with E-state index >= 15 is 0 Å². The Hall–Kier alpha value is -3.29. The summed E-state index contributed by atoms with van der Waals surface area (Å²) in [6.45, 7) is 0. The molecule has 0 fully saturated rings. The molecular formula is C19H16ClN5O2. The number of hydrogen-bond donors (Lipinski definition) is 3. The van der Waals surface area contributed by atoms with Gasteiger partial charge in [0.05, 0.1) is 11.8 Å². The number of rotatable bonds is 3. The van der Waals surface area contributed by atoms with Crippen LogP contribution in [0.2, 0.25) is 5.02 Å². The number of benzene rings is 2. The first-order valence-corrected chi connectivity index (χ1v) is 8.57. The van der Waals surface area contributed by atoms with Crippen LogP contribution in [0.25, 0.3) is 0 Å². The molecule has 0 saturated heterocycles. The smallest absolute Gasteiger partial charge is 0.323 e. The molecule has 136 valence electrons. The Kier molecular flexibility index (Phi) is 4.53. The third-order valence-electron chi connectivity index (χ3n) is 4.10. The summed E-state index contributed by atoms with van der Waals surface area (Å²) < 4.78 is 5.27. The second kappa shape index (κ2) is 7.14. The number of halogens is 1. The van der Waals surface area contributed by atoms with Gasteiger partial charge in [-0.2, -0.15) is 0 Å². The van der Waals surface area contributed by atoms with Crippen LogP contribution in [-0.4, -0.2) is 12.4 Å². The Labute approximate surface area is 160 Å². The van der Waals surface area contributed by atoms with Crippen molar-refractivity contribution in [3.05, 3.63) is 71.4 Å². The third kappa shape index (κ3) is 3.64. The summed E-state index contributed by atoms with van der Waals surface area (Å²) >= 11 is 5.85. The number of furan rings is 1. The number of carbonyl (C=O) groups is 1. The zero-order valence-corrected chi connectivity index (χ0v) is 14.9. The first kappa shape index (κ1) is 17.1. The highest BCUT2D eigenvalue weighted by Crippen LogP contribution is 2.34. The molecule has 0 spiro atoms. The van der Waals surface area contributed by atoms with E-state index in [9.17, 15) is 4.79 Å². The van der Waals surface area contributed by atoms with Gasteiger partial charge in [-0.3, -0.25) is 0 Å². The number of urea groups is 1. The summed E-state index contributed by atoms with van der Waals surface area (Å²) in [7, 11) is 0. The van der Waals surface area contributed by atoms with E-state index in [1.54, 1.807) is 53.9 Å². The van der Waals surface area contributed by atoms with Gasteiger partial charge in [0, 0.05) is 22.1 Å². The van der Waals surface area contributed by atoms with Crippen LogP contribution in [0.1, 0.15) is 11.7 Å². The SMILES string of the molecule is NC1c2ccoc2N=CN1c1cccc(NC(=O)Nc2ccc(Cl)cc2)c1. The fourth-order valence-corrected chi connectivity index (χ4v) is 2.90. The van der Waals surface area contributed by atoms with E-state index < -0.39 is 6.17 Å². The lowest BCUT2D eigenvalue weighted by atomic mass is 10.1. The molecule has 4 N–H and O–H groups in total. The van der Waals surface area contributed by atoms with Gasteiger partial charge in [-0.25, -0.2) is 9.79 Å². The molecule has 0 aliphatic carbocycles. The van der Waals surface area contributed by atoms with Gasteiger partial charge in [0.1, 0.15) is 12.5 Å². The first-order chi connectivity index (χ1) is 13.1. The molecule has 7 nitrogen and oxygen atoms in total. The number of anilines is 3. The number of nitrogens with two attached hydrogens (primary N) is 1. The Morgan fingerprint density at radius 3 is 2.70 bits per heavy atom. The zero-order chi connectivity index (χ0) is 18.8. The van der Waals surface area contributed by atoms with Gasteiger partial charge >= 0.3 is 6.03 Å². The molecule has 1 unspecified atom stereocenters. The highest BCUT2D eigenvalue weighted by Gasteiger charge is 2.24. The van der Waals surface area contributed by atoms with E-state index in [1.807, 2.05) is 18.2 Å². The van der Waals surface area contributed by atoms with Crippen LogP contribution in [0.15, 0.2) is 70.3 Å². The molecule has 3 aromatic rings. The summed E-state index contributed by atoms with van der Waals surface area (Å²) in [6.07, 6.45) is 2.75. The molecule has 1 aliphatic heterocycles. The molecule has 1 aromatic heterocycles. The second-order valence-corrected chi connectivity index (χ2v) is 6.35. The molecule has 0 saturated carbocycles. The third-order valence-corrected chi connectivity index (χ3v) is 4.35. The van der Waals surface area contributed by atoms with Crippen LogP contribution < -0.4 is 21.3 Å². The minimum absolute atomic E-state index is 0.358. The average molecular weight is 382 g/mol. The minimum atomic E-state index is -0.422. The van der Waals surface area contributed by atoms with Crippen molar-refractivity contribution in [2.75, 3.05) is 15.5 Å². The van der Waals surface area contributed by atoms with E-state index in [0.29, 0.717) is 22.3 Å². The highest BCUT2D eigenvalue weighted by atomic mass is 35.5. The molecule has 4 rings (SSSR count). The van der Waals surface area contributed by atoms with Gasteiger partial charge < -0.3 is 25.7 Å². The number of carbonyl (C=O) groups excluding carboxylic acids is 1. The van der Waals surface area contributed by atoms with E-state index in [-0.39, 0.29) is 6.03 Å². The fraction of sp³-hybridized carbons (Fsp3) is 0.0526. The van der Waals surface area contributed by atoms with Crippen molar-refractivity contribution in [1.29, 1.82) is 0 Å². The molecule has 1 atom stereocenters. The maximum atomic E-state index is 12.2. The van der Waals surface area contributed by atoms with Crippen LogP contribution in [0, 0.1) is 0 Å². The van der Waals surface area contributed by atoms with Crippen molar-refractivity contribution in [2.45, 2.75) is 6.17 Å². The van der Waals surface area contributed by atoms with E-state index in [2.05, 4.69) is 15.6 Å². The van der Waals surface area contributed by atoms with Crippen molar-refractivity contribution in [3.8, 4) is 0 Å². The Morgan fingerprint density at radius 1 is 1.11 bits per heavy atom. The van der Waals surface area contributed by atoms with Gasteiger partial charge in [-0.15, -0.1) is 0 Å². The number of nitrogens with zero attached hydrogens (tertiary/aromatic N) is 2. The Bertz CT molecular complexity index is 999. The summed E-state index contributed by atoms with van der Waals surface area (Å²) in [6, 6.07) is 15.6. The van der Waals surface area contributed by atoms with Crippen LogP contribution in [0.5, 0.6) is 0 Å². The molecule has 1 aliphatic rings. The van der Waals surface area contributed by atoms with Gasteiger partial charge in [-0.05, 0) is 48.5 Å². The maximum Gasteiger partial charge on any atom is 0.323 e. The lowest BCUT2D eigenvalue weighted by molar-refractivity contribution is 0.262. The molecular weight excluding hydrogens is 366 g/mol. The quantitative estimate of drug-likeness (QED) is 0.611. The topological polar surface area (TPSA) is 95.9 Å². The molecule has 0 radical (unpaired) electrons. The Balaban J connectivity index is 1.48. The number of aliphatic imine (C=N–C) groups is 1.